The molecule has 0 unspecified atom stereocenters. The van der Waals surface area contributed by atoms with Gasteiger partial charge in [0, 0.05) is 32.8 Å². The zero-order valence-electron chi connectivity index (χ0n) is 16.7. The molecule has 2 N–H and O–H groups in total. The van der Waals surface area contributed by atoms with Crippen molar-refractivity contribution in [3.05, 3.63) is 71.3 Å². The normalized spacial score (nSPS) is 18.3. The molecule has 0 aromatic heterocycles. The van der Waals surface area contributed by atoms with Gasteiger partial charge in [0.05, 0.1) is 18.8 Å². The second kappa shape index (κ2) is 12.0. The second-order valence-corrected chi connectivity index (χ2v) is 7.40. The van der Waals surface area contributed by atoms with Crippen molar-refractivity contribution in [3.8, 4) is 0 Å². The van der Waals surface area contributed by atoms with Crippen molar-refractivity contribution >= 4 is 0 Å². The van der Waals surface area contributed by atoms with Gasteiger partial charge in [-0.15, -0.1) is 0 Å². The number of benzene rings is 2. The van der Waals surface area contributed by atoms with Gasteiger partial charge in [-0.05, 0) is 42.4 Å². The molecule has 4 nitrogen and oxygen atoms in total. The lowest BCUT2D eigenvalue weighted by molar-refractivity contribution is 0.0252. The van der Waals surface area contributed by atoms with Gasteiger partial charge in [-0.2, -0.15) is 0 Å². The molecule has 0 spiro atoms. The molecule has 0 saturated heterocycles. The van der Waals surface area contributed by atoms with E-state index in [-0.39, 0.29) is 12.1 Å². The van der Waals surface area contributed by atoms with Crippen LogP contribution in [-0.4, -0.2) is 32.5 Å². The minimum absolute atomic E-state index is 0.00114. The van der Waals surface area contributed by atoms with E-state index in [1.807, 2.05) is 24.3 Å². The van der Waals surface area contributed by atoms with Crippen molar-refractivity contribution in [3.63, 3.8) is 0 Å². The van der Waals surface area contributed by atoms with E-state index < -0.39 is 0 Å². The van der Waals surface area contributed by atoms with Gasteiger partial charge >= 0.3 is 0 Å². The molecule has 2 aromatic rings. The van der Waals surface area contributed by atoms with Crippen LogP contribution in [0, 0.1) is 0 Å². The lowest BCUT2D eigenvalue weighted by Crippen LogP contribution is -2.25. The fourth-order valence-electron chi connectivity index (χ4n) is 3.60. The Balaban J connectivity index is 1.11. The van der Waals surface area contributed by atoms with Crippen molar-refractivity contribution in [1.82, 2.24) is 0 Å². The van der Waals surface area contributed by atoms with Gasteiger partial charge in [0.2, 0.25) is 0 Å². The molecule has 0 fully saturated rings. The van der Waals surface area contributed by atoms with Crippen LogP contribution in [0.5, 0.6) is 0 Å². The molecule has 0 amide bonds. The highest BCUT2D eigenvalue weighted by Gasteiger charge is 2.29. The molecule has 152 valence electrons. The van der Waals surface area contributed by atoms with Gasteiger partial charge in [-0.1, -0.05) is 54.6 Å². The first kappa shape index (κ1) is 21.0. The number of hydrogen-bond donors (Lipinski definition) is 1. The first-order valence-electron chi connectivity index (χ1n) is 10.5. The minimum atomic E-state index is 0.00114. The molecule has 0 radical (unpaired) electrons. The van der Waals surface area contributed by atoms with Gasteiger partial charge < -0.3 is 19.9 Å². The van der Waals surface area contributed by atoms with Crippen LogP contribution in [0.4, 0.5) is 0 Å². The maximum atomic E-state index is 6.29. The van der Waals surface area contributed by atoms with Crippen LogP contribution in [0.15, 0.2) is 54.6 Å². The molecule has 3 rings (SSSR count). The Morgan fingerprint density at radius 2 is 1.46 bits per heavy atom. The highest BCUT2D eigenvalue weighted by molar-refractivity contribution is 5.36. The summed E-state index contributed by atoms with van der Waals surface area (Å²) in [6.07, 6.45) is 5.25. The Hall–Kier alpha value is -1.72. The van der Waals surface area contributed by atoms with E-state index in [1.54, 1.807) is 0 Å². The third-order valence-electron chi connectivity index (χ3n) is 5.19. The lowest BCUT2D eigenvalue weighted by atomic mass is 10.1. The topological polar surface area (TPSA) is 53.7 Å². The molecule has 0 bridgehead atoms. The van der Waals surface area contributed by atoms with Crippen molar-refractivity contribution in [2.24, 2.45) is 5.73 Å². The van der Waals surface area contributed by atoms with Gasteiger partial charge in [-0.25, -0.2) is 0 Å². The predicted molar refractivity (Wildman–Crippen MR) is 112 cm³/mol. The van der Waals surface area contributed by atoms with Crippen molar-refractivity contribution in [2.75, 3.05) is 26.4 Å². The Bertz CT molecular complexity index is 677. The Morgan fingerprint density at radius 3 is 2.29 bits per heavy atom. The van der Waals surface area contributed by atoms with Crippen molar-refractivity contribution in [2.45, 2.75) is 50.9 Å². The molecule has 0 aliphatic heterocycles. The summed E-state index contributed by atoms with van der Waals surface area (Å²) in [4.78, 5) is 0. The summed E-state index contributed by atoms with van der Waals surface area (Å²) >= 11 is 0. The molecular weight excluding hydrogens is 350 g/mol. The van der Waals surface area contributed by atoms with Crippen molar-refractivity contribution in [1.29, 1.82) is 0 Å². The SMILES string of the molecule is N[C@H]1c2ccccc2C[C@H]1OCCCOCCCCCOCc1ccccc1. The molecule has 28 heavy (non-hydrogen) atoms. The zero-order valence-corrected chi connectivity index (χ0v) is 16.7. The number of rotatable bonds is 13. The Kier molecular flexibility index (Phi) is 8.98. The summed E-state index contributed by atoms with van der Waals surface area (Å²) in [6, 6.07) is 18.7. The Labute approximate surface area is 169 Å². The van der Waals surface area contributed by atoms with Crippen LogP contribution < -0.4 is 5.73 Å². The van der Waals surface area contributed by atoms with E-state index in [9.17, 15) is 0 Å². The first-order valence-corrected chi connectivity index (χ1v) is 10.5. The first-order chi connectivity index (χ1) is 13.8. The Morgan fingerprint density at radius 1 is 0.750 bits per heavy atom. The molecule has 2 atom stereocenters. The van der Waals surface area contributed by atoms with Crippen LogP contribution in [0.3, 0.4) is 0 Å². The van der Waals surface area contributed by atoms with Gasteiger partial charge in [0.25, 0.3) is 0 Å². The fourth-order valence-corrected chi connectivity index (χ4v) is 3.60. The summed E-state index contributed by atoms with van der Waals surface area (Å²) in [5, 5.41) is 0. The molecule has 1 aliphatic rings. The van der Waals surface area contributed by atoms with Gasteiger partial charge in [-0.3, -0.25) is 0 Å². The van der Waals surface area contributed by atoms with E-state index >= 15 is 0 Å². The summed E-state index contributed by atoms with van der Waals surface area (Å²) in [5.41, 5.74) is 10.1. The highest BCUT2D eigenvalue weighted by Crippen LogP contribution is 2.31. The minimum Gasteiger partial charge on any atom is -0.381 e. The molecular formula is C24H33NO3. The zero-order chi connectivity index (χ0) is 19.4. The van der Waals surface area contributed by atoms with Crippen LogP contribution in [0.2, 0.25) is 0 Å². The van der Waals surface area contributed by atoms with Crippen LogP contribution in [0.25, 0.3) is 0 Å². The number of unbranched alkanes of at least 4 members (excludes halogenated alkanes) is 2. The largest absolute Gasteiger partial charge is 0.381 e. The number of hydrogen-bond acceptors (Lipinski definition) is 4. The number of ether oxygens (including phenoxy) is 3. The average Bonchev–Trinajstić information content (AvgIpc) is 3.05. The fraction of sp³-hybridized carbons (Fsp3) is 0.500. The quantitative estimate of drug-likeness (QED) is 0.520. The maximum absolute atomic E-state index is 6.29. The van der Waals surface area contributed by atoms with Crippen LogP contribution in [-0.2, 0) is 27.2 Å². The summed E-state index contributed by atoms with van der Waals surface area (Å²) in [7, 11) is 0. The van der Waals surface area contributed by atoms with E-state index in [1.165, 1.54) is 16.7 Å². The summed E-state index contributed by atoms with van der Waals surface area (Å²) in [6.45, 7) is 3.78. The standard InChI is InChI=1S/C24H33NO3/c25-24-22-13-6-5-12-21(22)18-23(24)28-17-9-16-26-14-7-2-8-15-27-19-20-10-3-1-4-11-20/h1,3-6,10-13,23-24H,2,7-9,14-19,25H2/t23-,24+/m1/s1. The molecule has 1 aliphatic carbocycles. The molecule has 4 heteroatoms. The van der Waals surface area contributed by atoms with Gasteiger partial charge in [0.15, 0.2) is 0 Å². The third-order valence-corrected chi connectivity index (χ3v) is 5.19. The average molecular weight is 384 g/mol. The van der Waals surface area contributed by atoms with E-state index in [0.29, 0.717) is 13.2 Å². The van der Waals surface area contributed by atoms with E-state index in [0.717, 1.165) is 51.9 Å². The van der Waals surface area contributed by atoms with Gasteiger partial charge in [0.1, 0.15) is 0 Å². The van der Waals surface area contributed by atoms with Crippen LogP contribution >= 0.6 is 0 Å². The number of fused-ring (bicyclic) bond motifs is 1. The molecule has 0 saturated carbocycles. The maximum Gasteiger partial charge on any atom is 0.0808 e. The van der Waals surface area contributed by atoms with Crippen LogP contribution in [0.1, 0.15) is 48.4 Å². The lowest BCUT2D eigenvalue weighted by Gasteiger charge is -2.17. The number of nitrogens with two attached hydrogens (primary N) is 1. The monoisotopic (exact) mass is 383 g/mol. The van der Waals surface area contributed by atoms with E-state index in [4.69, 9.17) is 19.9 Å². The summed E-state index contributed by atoms with van der Waals surface area (Å²) < 4.78 is 17.4. The molecule has 0 heterocycles. The second-order valence-electron chi connectivity index (χ2n) is 7.40. The van der Waals surface area contributed by atoms with Crippen molar-refractivity contribution < 1.29 is 14.2 Å². The molecule has 2 aromatic carbocycles. The highest BCUT2D eigenvalue weighted by atomic mass is 16.5. The third kappa shape index (κ3) is 6.71. The summed E-state index contributed by atoms with van der Waals surface area (Å²) in [5.74, 6) is 0. The smallest absolute Gasteiger partial charge is 0.0808 e. The predicted octanol–water partition coefficient (Wildman–Crippen LogP) is 4.42. The van der Waals surface area contributed by atoms with E-state index in [2.05, 4.69) is 30.3 Å².